The Morgan fingerprint density at radius 1 is 0.452 bits per heavy atom. The van der Waals surface area contributed by atoms with E-state index in [2.05, 4.69) is 0 Å². The normalized spacial score (nSPS) is 14.2. The van der Waals surface area contributed by atoms with Crippen LogP contribution in [0.4, 0.5) is 11.4 Å². The summed E-state index contributed by atoms with van der Waals surface area (Å²) < 4.78 is 26.9. The van der Waals surface area contributed by atoms with Crippen molar-refractivity contribution < 1.29 is 33.2 Å². The Labute approximate surface area is 240 Å². The predicted molar refractivity (Wildman–Crippen MR) is 156 cm³/mol. The standard InChI is InChI=1S/C32H20N2O7P/c35-27-17-18-28(36)33(27)23-13-7-15-25(31(23)40-21-9-3-1-4-10-21)42(39)26-16-8-14-24(34-29(37)19-20-30(34)38)32(26)41-22-11-5-2-6-12-22/h1-20H/q+1. The molecule has 2 heterocycles. The van der Waals surface area contributed by atoms with Crippen molar-refractivity contribution >= 4 is 53.4 Å². The molecule has 10 heteroatoms. The molecule has 4 aromatic carbocycles. The zero-order chi connectivity index (χ0) is 29.2. The number of ether oxygens (including phenoxy) is 2. The van der Waals surface area contributed by atoms with Gasteiger partial charge in [0.1, 0.15) is 11.5 Å². The Kier molecular flexibility index (Phi) is 7.00. The summed E-state index contributed by atoms with van der Waals surface area (Å²) in [6.07, 6.45) is 4.59. The Bertz CT molecular complexity index is 1670. The van der Waals surface area contributed by atoms with Crippen molar-refractivity contribution in [2.24, 2.45) is 0 Å². The highest BCUT2D eigenvalue weighted by Crippen LogP contribution is 2.42. The summed E-state index contributed by atoms with van der Waals surface area (Å²) in [6, 6.07) is 26.6. The molecule has 0 spiro atoms. The van der Waals surface area contributed by atoms with Crippen LogP contribution in [0.15, 0.2) is 121 Å². The second-order valence-electron chi connectivity index (χ2n) is 9.07. The van der Waals surface area contributed by atoms with Crippen molar-refractivity contribution in [1.82, 2.24) is 0 Å². The number of amides is 4. The lowest BCUT2D eigenvalue weighted by Gasteiger charge is -2.19. The number of imide groups is 2. The van der Waals surface area contributed by atoms with Crippen molar-refractivity contribution in [3.63, 3.8) is 0 Å². The molecular formula is C32H20N2O7P+. The van der Waals surface area contributed by atoms with Gasteiger partial charge in [-0.2, -0.15) is 0 Å². The quantitative estimate of drug-likeness (QED) is 0.217. The summed E-state index contributed by atoms with van der Waals surface area (Å²) in [5.41, 5.74) is 0.214. The molecule has 0 unspecified atom stereocenters. The highest BCUT2D eigenvalue weighted by Gasteiger charge is 2.40. The molecule has 0 saturated heterocycles. The first-order valence-corrected chi connectivity index (χ1v) is 14.0. The van der Waals surface area contributed by atoms with E-state index in [1.54, 1.807) is 84.9 Å². The first kappa shape index (κ1) is 26.6. The zero-order valence-electron chi connectivity index (χ0n) is 21.7. The molecule has 204 valence electrons. The van der Waals surface area contributed by atoms with Crippen molar-refractivity contribution in [3.8, 4) is 23.0 Å². The summed E-state index contributed by atoms with van der Waals surface area (Å²) in [7, 11) is -2.56. The van der Waals surface area contributed by atoms with Gasteiger partial charge in [-0.1, -0.05) is 53.1 Å². The van der Waals surface area contributed by atoms with Gasteiger partial charge in [-0.15, -0.1) is 0 Å². The molecule has 0 atom stereocenters. The smallest absolute Gasteiger partial charge is 0.423 e. The first-order valence-electron chi connectivity index (χ1n) is 12.7. The molecule has 0 N–H and O–H groups in total. The topological polar surface area (TPSA) is 110 Å². The number of rotatable bonds is 8. The number of para-hydroxylation sites is 4. The molecule has 2 aliphatic heterocycles. The molecule has 0 saturated carbocycles. The van der Waals surface area contributed by atoms with E-state index >= 15 is 0 Å². The van der Waals surface area contributed by atoms with Crippen molar-refractivity contribution in [2.45, 2.75) is 0 Å². The van der Waals surface area contributed by atoms with Crippen molar-refractivity contribution in [1.29, 1.82) is 0 Å². The fourth-order valence-electron chi connectivity index (χ4n) is 4.53. The number of carbonyl (C=O) groups excluding carboxylic acids is 4. The van der Waals surface area contributed by atoms with Crippen LogP contribution in [0.2, 0.25) is 0 Å². The van der Waals surface area contributed by atoms with Crippen LogP contribution in [-0.2, 0) is 23.7 Å². The van der Waals surface area contributed by atoms with Gasteiger partial charge in [0.2, 0.25) is 22.1 Å². The van der Waals surface area contributed by atoms with Crippen LogP contribution in [0.25, 0.3) is 0 Å². The minimum Gasteiger partial charge on any atom is -0.450 e. The van der Waals surface area contributed by atoms with Gasteiger partial charge in [0.25, 0.3) is 23.6 Å². The fraction of sp³-hybridized carbons (Fsp3) is 0. The summed E-state index contributed by atoms with van der Waals surface area (Å²) in [5, 5.41) is 0.317. The maximum absolute atomic E-state index is 14.5. The van der Waals surface area contributed by atoms with Gasteiger partial charge in [-0.3, -0.25) is 19.2 Å². The number of anilines is 2. The molecule has 42 heavy (non-hydrogen) atoms. The fourth-order valence-corrected chi connectivity index (χ4v) is 5.92. The molecule has 0 bridgehead atoms. The summed E-state index contributed by atoms with van der Waals surface area (Å²) >= 11 is 0. The summed E-state index contributed by atoms with van der Waals surface area (Å²) in [5.74, 6) is -1.45. The van der Waals surface area contributed by atoms with E-state index in [0.717, 1.165) is 34.1 Å². The number of hydrogen-bond donors (Lipinski definition) is 0. The van der Waals surface area contributed by atoms with E-state index in [9.17, 15) is 23.7 Å². The van der Waals surface area contributed by atoms with Gasteiger partial charge in [0.05, 0.1) is 11.4 Å². The van der Waals surface area contributed by atoms with Gasteiger partial charge in [-0.25, -0.2) is 9.80 Å². The van der Waals surface area contributed by atoms with Crippen LogP contribution < -0.4 is 29.9 Å². The number of benzene rings is 4. The first-order chi connectivity index (χ1) is 20.4. The highest BCUT2D eigenvalue weighted by molar-refractivity contribution is 7.62. The second-order valence-corrected chi connectivity index (χ2v) is 10.6. The third kappa shape index (κ3) is 4.89. The summed E-state index contributed by atoms with van der Waals surface area (Å²) in [6.45, 7) is 0. The molecule has 0 radical (unpaired) electrons. The molecule has 2 aliphatic rings. The molecule has 0 fully saturated rings. The van der Waals surface area contributed by atoms with Crippen molar-refractivity contribution in [3.05, 3.63) is 121 Å². The Morgan fingerprint density at radius 2 is 0.810 bits per heavy atom. The van der Waals surface area contributed by atoms with Crippen molar-refractivity contribution in [2.75, 3.05) is 9.80 Å². The number of nitrogens with zero attached hydrogens (tertiary/aromatic N) is 2. The van der Waals surface area contributed by atoms with E-state index in [-0.39, 0.29) is 33.5 Å². The molecule has 0 aliphatic carbocycles. The van der Waals surface area contributed by atoms with Gasteiger partial charge in [0.15, 0.2) is 0 Å². The molecule has 9 nitrogen and oxygen atoms in total. The lowest BCUT2D eigenvalue weighted by atomic mass is 10.2. The third-order valence-electron chi connectivity index (χ3n) is 6.41. The summed E-state index contributed by atoms with van der Waals surface area (Å²) in [4.78, 5) is 52.5. The van der Waals surface area contributed by atoms with Gasteiger partial charge >= 0.3 is 7.80 Å². The maximum Gasteiger partial charge on any atom is 0.423 e. The average molecular weight is 575 g/mol. The van der Waals surface area contributed by atoms with Crippen LogP contribution in [0.3, 0.4) is 0 Å². The molecule has 4 amide bonds. The molecular weight excluding hydrogens is 555 g/mol. The average Bonchev–Trinajstić information content (AvgIpc) is 3.52. The Hall–Kier alpha value is -5.66. The van der Waals surface area contributed by atoms with E-state index in [1.807, 2.05) is 0 Å². The maximum atomic E-state index is 14.5. The SMILES string of the molecule is O=C1C=CC(=O)N1c1cccc([P+](=O)c2cccc(N3C(=O)C=CC3=O)c2Oc2ccccc2)c1Oc1ccccc1. The third-order valence-corrected chi connectivity index (χ3v) is 7.99. The van der Waals surface area contributed by atoms with Crippen LogP contribution in [0, 0.1) is 0 Å². The lowest BCUT2D eigenvalue weighted by molar-refractivity contribution is -0.121. The largest absolute Gasteiger partial charge is 0.450 e. The Balaban J connectivity index is 1.53. The van der Waals surface area contributed by atoms with E-state index in [0.29, 0.717) is 11.5 Å². The highest BCUT2D eigenvalue weighted by atomic mass is 31.1. The number of carbonyl (C=O) groups is 4. The van der Waals surface area contributed by atoms with Crippen LogP contribution in [0.1, 0.15) is 0 Å². The molecule has 6 rings (SSSR count). The van der Waals surface area contributed by atoms with E-state index < -0.39 is 31.4 Å². The lowest BCUT2D eigenvalue weighted by Crippen LogP contribution is -2.31. The van der Waals surface area contributed by atoms with E-state index in [1.165, 1.54) is 12.1 Å². The van der Waals surface area contributed by atoms with Gasteiger partial charge in [-0.05, 0) is 48.5 Å². The Morgan fingerprint density at radius 3 is 1.17 bits per heavy atom. The molecule has 0 aromatic heterocycles. The van der Waals surface area contributed by atoms with Crippen LogP contribution in [0.5, 0.6) is 23.0 Å². The molecule has 4 aromatic rings. The zero-order valence-corrected chi connectivity index (χ0v) is 22.6. The van der Waals surface area contributed by atoms with Crippen LogP contribution >= 0.6 is 7.80 Å². The minimum absolute atomic E-state index is 0.0290. The monoisotopic (exact) mass is 575 g/mol. The number of hydrogen-bond acceptors (Lipinski definition) is 7. The predicted octanol–water partition coefficient (Wildman–Crippen LogP) is 4.91. The van der Waals surface area contributed by atoms with Gasteiger partial charge < -0.3 is 9.47 Å². The van der Waals surface area contributed by atoms with Crippen LogP contribution in [-0.4, -0.2) is 23.6 Å². The van der Waals surface area contributed by atoms with E-state index in [4.69, 9.17) is 9.47 Å². The van der Waals surface area contributed by atoms with Gasteiger partial charge in [0, 0.05) is 24.3 Å². The minimum atomic E-state index is -2.56. The second kappa shape index (κ2) is 11.1.